The quantitative estimate of drug-likeness (QED) is 0.442. The molecule has 1 unspecified atom stereocenters. The third-order valence-corrected chi connectivity index (χ3v) is 5.17. The Morgan fingerprint density at radius 1 is 1.13 bits per heavy atom. The number of pyridine rings is 1. The maximum atomic E-state index is 14.0. The Bertz CT molecular complexity index is 1020. The number of methoxy groups -OCH3 is 1. The van der Waals surface area contributed by atoms with Crippen LogP contribution in [0, 0.1) is 5.82 Å². The molecule has 9 heteroatoms. The highest BCUT2D eigenvalue weighted by molar-refractivity contribution is 5.71. The number of aliphatic hydroxyl groups is 1. The molecule has 0 aliphatic rings. The Morgan fingerprint density at radius 3 is 2.47 bits per heavy atom. The van der Waals surface area contributed by atoms with Gasteiger partial charge in [-0.1, -0.05) is 13.8 Å². The lowest BCUT2D eigenvalue weighted by molar-refractivity contribution is -0.694. The number of H-pyrrole nitrogens is 1. The van der Waals surface area contributed by atoms with E-state index in [9.17, 15) is 22.7 Å². The van der Waals surface area contributed by atoms with E-state index in [-0.39, 0.29) is 23.7 Å². The number of ether oxygens (including phenoxy) is 1. The molecule has 1 aromatic carbocycles. The summed E-state index contributed by atoms with van der Waals surface area (Å²) in [6.45, 7) is 2.34. The van der Waals surface area contributed by atoms with Gasteiger partial charge in [-0.05, 0) is 48.2 Å². The number of hydrogen-bond donors (Lipinski definition) is 2. The molecule has 0 aliphatic carbocycles. The number of halogens is 5. The summed E-state index contributed by atoms with van der Waals surface area (Å²) in [6.07, 6.45) is -2.50. The van der Waals surface area contributed by atoms with Crippen molar-refractivity contribution in [1.29, 1.82) is 0 Å². The molecule has 0 fully saturated rings. The average Bonchev–Trinajstić information content (AvgIpc) is 3.10. The van der Waals surface area contributed by atoms with Gasteiger partial charge in [-0.2, -0.15) is 13.2 Å². The second-order valence-corrected chi connectivity index (χ2v) is 7.85. The number of rotatable bonds is 6. The molecule has 3 aromatic rings. The summed E-state index contributed by atoms with van der Waals surface area (Å²) >= 11 is 0. The highest BCUT2D eigenvalue weighted by Crippen LogP contribution is 2.44. The molecule has 4 nitrogen and oxygen atoms in total. The lowest BCUT2D eigenvalue weighted by atomic mass is 9.74. The van der Waals surface area contributed by atoms with Crippen LogP contribution in [-0.4, -0.2) is 29.0 Å². The van der Waals surface area contributed by atoms with Gasteiger partial charge in [0, 0.05) is 5.56 Å². The second kappa shape index (κ2) is 8.43. The fraction of sp³-hybridized carbons (Fsp3) is 0.381. The van der Waals surface area contributed by atoms with E-state index in [0.717, 1.165) is 11.5 Å². The molecule has 0 radical (unpaired) electrons. The first-order chi connectivity index (χ1) is 13.5. The lowest BCUT2D eigenvalue weighted by Crippen LogP contribution is -3.00. The SMILES string of the molecule is COc1ccc(F)cc1C(C)(C)CC(O)(C[n+]1cccc2cc[nH]c21)C(F)(F)F.[Cl-]. The van der Waals surface area contributed by atoms with Crippen LogP contribution in [0.1, 0.15) is 25.8 Å². The molecule has 0 aliphatic heterocycles. The Labute approximate surface area is 177 Å². The minimum Gasteiger partial charge on any atom is -1.00 e. The molecule has 30 heavy (non-hydrogen) atoms. The molecule has 0 saturated heterocycles. The Balaban J connectivity index is 0.00000320. The van der Waals surface area contributed by atoms with Crippen molar-refractivity contribution in [3.8, 4) is 5.75 Å². The first-order valence-corrected chi connectivity index (χ1v) is 9.05. The summed E-state index contributed by atoms with van der Waals surface area (Å²) in [5.74, 6) is -0.324. The first-order valence-electron chi connectivity index (χ1n) is 9.05. The monoisotopic (exact) mass is 446 g/mol. The van der Waals surface area contributed by atoms with E-state index in [4.69, 9.17) is 4.74 Å². The minimum absolute atomic E-state index is 0. The van der Waals surface area contributed by atoms with Crippen LogP contribution in [0.4, 0.5) is 17.6 Å². The Hall–Kier alpha value is -2.32. The Kier molecular flexibility index (Phi) is 6.73. The summed E-state index contributed by atoms with van der Waals surface area (Å²) in [5, 5.41) is 11.6. The zero-order valence-corrected chi connectivity index (χ0v) is 17.5. The normalized spacial score (nSPS) is 14.3. The summed E-state index contributed by atoms with van der Waals surface area (Å²) in [7, 11) is 1.37. The molecule has 2 aromatic heterocycles. The van der Waals surface area contributed by atoms with Crippen LogP contribution in [0.2, 0.25) is 0 Å². The van der Waals surface area contributed by atoms with E-state index in [2.05, 4.69) is 4.98 Å². The fourth-order valence-electron chi connectivity index (χ4n) is 3.78. The van der Waals surface area contributed by atoms with Crippen molar-refractivity contribution >= 4 is 11.0 Å². The average molecular weight is 447 g/mol. The maximum Gasteiger partial charge on any atom is 0.421 e. The molecule has 0 amide bonds. The van der Waals surface area contributed by atoms with E-state index in [0.29, 0.717) is 5.65 Å². The molecule has 2 N–H and O–H groups in total. The van der Waals surface area contributed by atoms with Crippen molar-refractivity contribution in [2.24, 2.45) is 0 Å². The number of alkyl halides is 3. The third kappa shape index (κ3) is 4.54. The predicted octanol–water partition coefficient (Wildman–Crippen LogP) is 1.27. The highest BCUT2D eigenvalue weighted by atomic mass is 35.5. The van der Waals surface area contributed by atoms with Crippen LogP contribution >= 0.6 is 0 Å². The van der Waals surface area contributed by atoms with E-state index < -0.39 is 36.0 Å². The number of hydrogen-bond acceptors (Lipinski definition) is 2. The van der Waals surface area contributed by atoms with E-state index in [1.807, 2.05) is 0 Å². The van der Waals surface area contributed by atoms with Gasteiger partial charge in [-0.25, -0.2) is 13.9 Å². The third-order valence-electron chi connectivity index (χ3n) is 5.17. The van der Waals surface area contributed by atoms with Crippen LogP contribution < -0.4 is 21.7 Å². The van der Waals surface area contributed by atoms with Gasteiger partial charge in [0.1, 0.15) is 18.1 Å². The molecular formula is C21H23ClF4N2O2. The first kappa shape index (κ1) is 24.0. The lowest BCUT2D eigenvalue weighted by Gasteiger charge is -2.37. The smallest absolute Gasteiger partial charge is 0.421 e. The van der Waals surface area contributed by atoms with Crippen molar-refractivity contribution < 1.29 is 44.4 Å². The zero-order valence-electron chi connectivity index (χ0n) is 16.7. The molecule has 164 valence electrons. The van der Waals surface area contributed by atoms with Gasteiger partial charge < -0.3 is 22.3 Å². The number of fused-ring (bicyclic) bond motifs is 1. The number of aromatic nitrogens is 2. The van der Waals surface area contributed by atoms with Gasteiger partial charge in [0.05, 0.1) is 24.9 Å². The van der Waals surface area contributed by atoms with Gasteiger partial charge >= 0.3 is 6.18 Å². The van der Waals surface area contributed by atoms with Gasteiger partial charge in [0.15, 0.2) is 5.60 Å². The number of benzene rings is 1. The molecule has 3 rings (SSSR count). The number of nitrogens with one attached hydrogen (secondary N) is 1. The van der Waals surface area contributed by atoms with Crippen LogP contribution in [0.15, 0.2) is 48.8 Å². The van der Waals surface area contributed by atoms with Crippen molar-refractivity contribution in [2.45, 2.75) is 44.0 Å². The molecular weight excluding hydrogens is 424 g/mol. The standard InChI is InChI=1S/C21H22F4N2O2.ClH/c1-19(2,16-11-15(22)6-7-17(16)29-3)12-20(28,21(23,24)25)13-27-10-4-5-14-8-9-26-18(14)27;/h4-11,28H,12-13H2,1-3H3;1H. The zero-order chi connectivity index (χ0) is 21.4. The second-order valence-electron chi connectivity index (χ2n) is 7.85. The molecule has 0 saturated carbocycles. The fourth-order valence-corrected chi connectivity index (χ4v) is 3.78. The summed E-state index contributed by atoms with van der Waals surface area (Å²) < 4.78 is 62.5. The highest BCUT2D eigenvalue weighted by Gasteiger charge is 2.58. The molecule has 0 spiro atoms. The summed E-state index contributed by atoms with van der Waals surface area (Å²) in [4.78, 5) is 2.90. The number of aromatic amines is 1. The molecule has 0 bridgehead atoms. The molecule has 1 atom stereocenters. The predicted molar refractivity (Wildman–Crippen MR) is 100 cm³/mol. The summed E-state index contributed by atoms with van der Waals surface area (Å²) in [6, 6.07) is 8.81. The molecule has 2 heterocycles. The van der Waals surface area contributed by atoms with Crippen molar-refractivity contribution in [3.05, 3.63) is 60.2 Å². The van der Waals surface area contributed by atoms with Gasteiger partial charge in [0.2, 0.25) is 0 Å². The van der Waals surface area contributed by atoms with E-state index in [1.54, 1.807) is 24.4 Å². The summed E-state index contributed by atoms with van der Waals surface area (Å²) in [5.41, 5.74) is -3.57. The van der Waals surface area contributed by atoms with Crippen LogP contribution in [0.3, 0.4) is 0 Å². The van der Waals surface area contributed by atoms with E-state index in [1.165, 1.54) is 43.9 Å². The largest absolute Gasteiger partial charge is 1.00 e. The van der Waals surface area contributed by atoms with Crippen LogP contribution in [-0.2, 0) is 12.0 Å². The maximum absolute atomic E-state index is 14.0. The van der Waals surface area contributed by atoms with Gasteiger partial charge in [-0.15, -0.1) is 0 Å². The minimum atomic E-state index is -4.91. The Morgan fingerprint density at radius 2 is 1.83 bits per heavy atom. The van der Waals surface area contributed by atoms with Crippen LogP contribution in [0.25, 0.3) is 11.0 Å². The number of nitrogens with zero attached hydrogens (tertiary/aromatic N) is 1. The van der Waals surface area contributed by atoms with Crippen LogP contribution in [0.5, 0.6) is 5.75 Å². The van der Waals surface area contributed by atoms with Crippen molar-refractivity contribution in [1.82, 2.24) is 4.98 Å². The topological polar surface area (TPSA) is 49.1 Å². The van der Waals surface area contributed by atoms with Crippen molar-refractivity contribution in [3.63, 3.8) is 0 Å². The van der Waals surface area contributed by atoms with Gasteiger partial charge in [0.25, 0.3) is 5.65 Å². The van der Waals surface area contributed by atoms with Gasteiger partial charge in [-0.3, -0.25) is 0 Å². The van der Waals surface area contributed by atoms with Crippen molar-refractivity contribution in [2.75, 3.05) is 7.11 Å². The van der Waals surface area contributed by atoms with E-state index >= 15 is 0 Å².